The van der Waals surface area contributed by atoms with Gasteiger partial charge >= 0.3 is 17.9 Å². The minimum Gasteiger partial charge on any atom is -0.473 e. The van der Waals surface area contributed by atoms with Crippen LogP contribution in [-0.2, 0) is 28.6 Å². The Bertz CT molecular complexity index is 900. The van der Waals surface area contributed by atoms with Crippen molar-refractivity contribution in [2.24, 2.45) is 0 Å². The van der Waals surface area contributed by atoms with Crippen LogP contribution in [0.1, 0.15) is 20.8 Å². The molecule has 0 aromatic carbocycles. The number of hydrogen-bond donors (Lipinski definition) is 0. The summed E-state index contributed by atoms with van der Waals surface area (Å²) < 4.78 is 27.4. The number of pyridine rings is 1. The summed E-state index contributed by atoms with van der Waals surface area (Å²) in [6.07, 6.45) is 3.44. The molecule has 2 aromatic heterocycles. The second-order valence-corrected chi connectivity index (χ2v) is 7.63. The van der Waals surface area contributed by atoms with E-state index in [1.807, 2.05) is 0 Å². The zero-order valence-corrected chi connectivity index (χ0v) is 17.4. The number of aromatic nitrogens is 1. The predicted molar refractivity (Wildman–Crippen MR) is 105 cm³/mol. The fourth-order valence-electron chi connectivity index (χ4n) is 3.07. The lowest BCUT2D eigenvalue weighted by atomic mass is 10.1. The van der Waals surface area contributed by atoms with E-state index in [1.54, 1.807) is 24.6 Å². The molecule has 4 atom stereocenters. The van der Waals surface area contributed by atoms with Gasteiger partial charge in [0.05, 0.1) is 18.7 Å². The smallest absolute Gasteiger partial charge is 0.303 e. The van der Waals surface area contributed by atoms with Crippen molar-refractivity contribution in [1.29, 1.82) is 0 Å². The molecule has 3 heterocycles. The molecule has 0 bridgehead atoms. The van der Waals surface area contributed by atoms with Gasteiger partial charge in [-0.3, -0.25) is 19.4 Å². The average molecular weight is 435 g/mol. The van der Waals surface area contributed by atoms with Gasteiger partial charge < -0.3 is 23.4 Å². The highest BCUT2D eigenvalue weighted by molar-refractivity contribution is 7.99. The van der Waals surface area contributed by atoms with Gasteiger partial charge in [-0.05, 0) is 12.1 Å². The predicted octanol–water partition coefficient (Wildman–Crippen LogP) is 2.59. The minimum atomic E-state index is -1.02. The first kappa shape index (κ1) is 21.7. The summed E-state index contributed by atoms with van der Waals surface area (Å²) in [5, 5.41) is 0. The SMILES string of the molecule is CC(=O)O[C@H]1[C@H](OC(C)=O)CSC(Oc2cnccc2-c2ccoc2)[C@@H]1OC(C)=O. The molecule has 160 valence electrons. The molecule has 9 nitrogen and oxygen atoms in total. The molecule has 0 radical (unpaired) electrons. The van der Waals surface area contributed by atoms with Crippen molar-refractivity contribution in [3.05, 3.63) is 37.1 Å². The van der Waals surface area contributed by atoms with Crippen LogP contribution in [-0.4, -0.2) is 52.4 Å². The van der Waals surface area contributed by atoms with E-state index in [0.717, 1.165) is 11.1 Å². The summed E-state index contributed by atoms with van der Waals surface area (Å²) in [5.41, 5.74) is 0.776. The molecule has 1 aliphatic heterocycles. The first-order valence-corrected chi connectivity index (χ1v) is 10.2. The largest absolute Gasteiger partial charge is 0.473 e. The van der Waals surface area contributed by atoms with Crippen molar-refractivity contribution in [3.8, 4) is 16.9 Å². The van der Waals surface area contributed by atoms with Gasteiger partial charge in [0.15, 0.2) is 23.7 Å². The molecule has 0 aliphatic carbocycles. The number of hydrogen-bond acceptors (Lipinski definition) is 10. The number of ether oxygens (including phenoxy) is 4. The van der Waals surface area contributed by atoms with Gasteiger partial charge in [-0.2, -0.15) is 0 Å². The molecular formula is C20H21NO8S. The number of esters is 3. The molecule has 0 amide bonds. The van der Waals surface area contributed by atoms with Crippen molar-refractivity contribution in [2.45, 2.75) is 44.5 Å². The molecule has 2 aromatic rings. The zero-order valence-electron chi connectivity index (χ0n) is 16.6. The minimum absolute atomic E-state index is 0.279. The van der Waals surface area contributed by atoms with E-state index in [0.29, 0.717) is 5.75 Å². The van der Waals surface area contributed by atoms with Crippen LogP contribution < -0.4 is 4.74 Å². The maximum atomic E-state index is 11.8. The van der Waals surface area contributed by atoms with Crippen molar-refractivity contribution >= 4 is 29.7 Å². The van der Waals surface area contributed by atoms with Crippen LogP contribution in [0.2, 0.25) is 0 Å². The number of carbonyl (C=O) groups excluding carboxylic acids is 3. The summed E-state index contributed by atoms with van der Waals surface area (Å²) in [6.45, 7) is 3.72. The van der Waals surface area contributed by atoms with E-state index < -0.39 is 41.7 Å². The molecule has 0 spiro atoms. The summed E-state index contributed by atoms with van der Waals surface area (Å²) >= 11 is 1.28. The molecule has 1 fully saturated rings. The van der Waals surface area contributed by atoms with E-state index in [1.165, 1.54) is 45.0 Å². The van der Waals surface area contributed by atoms with Gasteiger partial charge in [-0.15, -0.1) is 11.8 Å². The highest BCUT2D eigenvalue weighted by atomic mass is 32.2. The second kappa shape index (κ2) is 9.66. The van der Waals surface area contributed by atoms with Crippen LogP contribution in [0.4, 0.5) is 0 Å². The standard InChI is InChI=1S/C20H21NO8S/c1-11(22)26-17-10-30-20(19(28-13(3)24)18(17)27-12(2)23)29-16-8-21-6-4-15(16)14-5-7-25-9-14/h4-9,17-20H,10H2,1-3H3/t17-,18+,19-,20?/m1/s1. The van der Waals surface area contributed by atoms with E-state index in [2.05, 4.69) is 4.98 Å². The third-order valence-corrected chi connectivity index (χ3v) is 5.38. The lowest BCUT2D eigenvalue weighted by molar-refractivity contribution is -0.186. The zero-order chi connectivity index (χ0) is 21.7. The van der Waals surface area contributed by atoms with Crippen LogP contribution >= 0.6 is 11.8 Å². The molecule has 1 aliphatic rings. The molecule has 30 heavy (non-hydrogen) atoms. The quantitative estimate of drug-likeness (QED) is 0.495. The van der Waals surface area contributed by atoms with Gasteiger partial charge in [-0.25, -0.2) is 0 Å². The third-order valence-electron chi connectivity index (χ3n) is 4.16. The summed E-state index contributed by atoms with van der Waals surface area (Å²) in [5.74, 6) is -1.01. The van der Waals surface area contributed by atoms with E-state index in [9.17, 15) is 14.4 Å². The summed E-state index contributed by atoms with van der Waals surface area (Å²) in [4.78, 5) is 39.0. The molecular weight excluding hydrogens is 414 g/mol. The van der Waals surface area contributed by atoms with Crippen molar-refractivity contribution in [1.82, 2.24) is 4.98 Å². The molecule has 10 heteroatoms. The number of thioether (sulfide) groups is 1. The Morgan fingerprint density at radius 1 is 1.03 bits per heavy atom. The number of nitrogens with zero attached hydrogens (tertiary/aromatic N) is 1. The van der Waals surface area contributed by atoms with Gasteiger partial charge in [0, 0.05) is 43.8 Å². The van der Waals surface area contributed by atoms with Gasteiger partial charge in [-0.1, -0.05) is 0 Å². The second-order valence-electron chi connectivity index (χ2n) is 6.50. The van der Waals surface area contributed by atoms with E-state index in [-0.39, 0.29) is 5.75 Å². The first-order valence-electron chi connectivity index (χ1n) is 9.11. The molecule has 3 rings (SSSR count). The fraction of sp³-hybridized carbons (Fsp3) is 0.400. The Hall–Kier alpha value is -3.01. The molecule has 1 unspecified atom stereocenters. The Morgan fingerprint density at radius 2 is 1.73 bits per heavy atom. The van der Waals surface area contributed by atoms with Crippen LogP contribution in [0.25, 0.3) is 11.1 Å². The third kappa shape index (κ3) is 5.32. The number of carbonyl (C=O) groups is 3. The first-order chi connectivity index (χ1) is 14.3. The number of rotatable bonds is 6. The Morgan fingerprint density at radius 3 is 2.37 bits per heavy atom. The lowest BCUT2D eigenvalue weighted by Crippen LogP contribution is -2.55. The molecule has 1 saturated heterocycles. The normalized spacial score (nSPS) is 23.3. The Balaban J connectivity index is 1.91. The van der Waals surface area contributed by atoms with E-state index >= 15 is 0 Å². The Kier molecular flexibility index (Phi) is 6.99. The van der Waals surface area contributed by atoms with Crippen LogP contribution in [0.5, 0.6) is 5.75 Å². The fourth-order valence-corrected chi connectivity index (χ4v) is 4.27. The van der Waals surface area contributed by atoms with Gasteiger partial charge in [0.1, 0.15) is 5.75 Å². The monoisotopic (exact) mass is 435 g/mol. The summed E-state index contributed by atoms with van der Waals surface area (Å²) in [7, 11) is 0. The van der Waals surface area contributed by atoms with Crippen LogP contribution in [0.15, 0.2) is 41.5 Å². The summed E-state index contributed by atoms with van der Waals surface area (Å²) in [6, 6.07) is 3.54. The van der Waals surface area contributed by atoms with Crippen LogP contribution in [0, 0.1) is 0 Å². The average Bonchev–Trinajstić information content (AvgIpc) is 3.20. The maximum Gasteiger partial charge on any atom is 0.303 e. The molecule has 0 N–H and O–H groups in total. The molecule has 0 saturated carbocycles. The maximum absolute atomic E-state index is 11.8. The van der Waals surface area contributed by atoms with Crippen molar-refractivity contribution in [2.75, 3.05) is 5.75 Å². The van der Waals surface area contributed by atoms with E-state index in [4.69, 9.17) is 23.4 Å². The van der Waals surface area contributed by atoms with Gasteiger partial charge in [0.2, 0.25) is 0 Å². The Labute approximate surface area is 177 Å². The lowest BCUT2D eigenvalue weighted by Gasteiger charge is -2.40. The highest BCUT2D eigenvalue weighted by Gasteiger charge is 2.47. The van der Waals surface area contributed by atoms with Crippen molar-refractivity contribution in [3.63, 3.8) is 0 Å². The number of furan rings is 1. The van der Waals surface area contributed by atoms with Gasteiger partial charge in [0.25, 0.3) is 0 Å². The highest BCUT2D eigenvalue weighted by Crippen LogP contribution is 2.37. The topological polar surface area (TPSA) is 114 Å². The van der Waals surface area contributed by atoms with Crippen molar-refractivity contribution < 1.29 is 37.7 Å². The van der Waals surface area contributed by atoms with Crippen LogP contribution in [0.3, 0.4) is 0 Å².